The highest BCUT2D eigenvalue weighted by Crippen LogP contribution is 2.07. The summed E-state index contributed by atoms with van der Waals surface area (Å²) < 4.78 is 0. The number of primary amides is 1. The van der Waals surface area contributed by atoms with Gasteiger partial charge in [-0.3, -0.25) is 9.59 Å². The molecular weight excluding hydrogens is 144 g/mol. The molecule has 2 amide bonds. The predicted octanol–water partition coefficient (Wildman–Crippen LogP) is -0.516. The molecule has 1 saturated heterocycles. The molecule has 0 radical (unpaired) electrons. The summed E-state index contributed by atoms with van der Waals surface area (Å²) in [6, 6.07) is 0. The van der Waals surface area contributed by atoms with E-state index in [-0.39, 0.29) is 0 Å². The van der Waals surface area contributed by atoms with Gasteiger partial charge in [0.15, 0.2) is 0 Å². The van der Waals surface area contributed by atoms with Gasteiger partial charge in [0.05, 0.1) is 0 Å². The van der Waals surface area contributed by atoms with Crippen LogP contribution in [0.4, 0.5) is 0 Å². The number of amides is 2. The van der Waals surface area contributed by atoms with E-state index in [1.807, 2.05) is 0 Å². The Morgan fingerprint density at radius 1 is 1.09 bits per heavy atom. The molecule has 0 aromatic rings. The Kier molecular flexibility index (Phi) is 2.46. The minimum atomic E-state index is -0.841. The van der Waals surface area contributed by atoms with Crippen molar-refractivity contribution < 1.29 is 9.59 Å². The lowest BCUT2D eigenvalue weighted by molar-refractivity contribution is -0.144. The van der Waals surface area contributed by atoms with Gasteiger partial charge in [0.1, 0.15) is 0 Å². The number of hydrogen-bond donors (Lipinski definition) is 1. The molecule has 0 bridgehead atoms. The van der Waals surface area contributed by atoms with Crippen LogP contribution >= 0.6 is 0 Å². The molecule has 1 rings (SSSR count). The fourth-order valence-electron chi connectivity index (χ4n) is 1.25. The maximum absolute atomic E-state index is 10.9. The Bertz CT molecular complexity index is 173. The second-order valence-corrected chi connectivity index (χ2v) is 2.72. The van der Waals surface area contributed by atoms with Crippen LogP contribution in [0.15, 0.2) is 0 Å². The molecule has 0 aliphatic carbocycles. The smallest absolute Gasteiger partial charge is 0.311 e. The van der Waals surface area contributed by atoms with Crippen molar-refractivity contribution in [1.82, 2.24) is 4.90 Å². The van der Waals surface area contributed by atoms with Crippen molar-refractivity contribution in [1.29, 1.82) is 0 Å². The molecule has 1 aliphatic rings. The van der Waals surface area contributed by atoms with E-state index in [1.54, 1.807) is 0 Å². The standard InChI is InChI=1S/C7H12N2O2/c8-6(10)7(11)9-4-2-1-3-5-9/h1-5H2,(H2,8,10). The van der Waals surface area contributed by atoms with Crippen LogP contribution in [0.1, 0.15) is 19.3 Å². The zero-order valence-electron chi connectivity index (χ0n) is 6.38. The minimum absolute atomic E-state index is 0.537. The van der Waals surface area contributed by atoms with Crippen LogP contribution in [0.3, 0.4) is 0 Å². The van der Waals surface area contributed by atoms with Crippen LogP contribution in [0.5, 0.6) is 0 Å². The number of carbonyl (C=O) groups is 2. The minimum Gasteiger partial charge on any atom is -0.361 e. The third-order valence-corrected chi connectivity index (χ3v) is 1.85. The largest absolute Gasteiger partial charge is 0.361 e. The van der Waals surface area contributed by atoms with Gasteiger partial charge in [-0.05, 0) is 19.3 Å². The number of piperidine rings is 1. The van der Waals surface area contributed by atoms with E-state index in [2.05, 4.69) is 0 Å². The van der Waals surface area contributed by atoms with E-state index in [0.29, 0.717) is 13.1 Å². The van der Waals surface area contributed by atoms with Crippen molar-refractivity contribution in [3.63, 3.8) is 0 Å². The van der Waals surface area contributed by atoms with Gasteiger partial charge < -0.3 is 10.6 Å². The molecule has 4 heteroatoms. The van der Waals surface area contributed by atoms with Gasteiger partial charge in [-0.25, -0.2) is 0 Å². The lowest BCUT2D eigenvalue weighted by atomic mass is 10.1. The number of nitrogens with two attached hydrogens (primary N) is 1. The van der Waals surface area contributed by atoms with E-state index in [1.165, 1.54) is 4.90 Å². The number of nitrogens with zero attached hydrogens (tertiary/aromatic N) is 1. The Hall–Kier alpha value is -1.06. The lowest BCUT2D eigenvalue weighted by Gasteiger charge is -2.24. The number of likely N-dealkylation sites (tertiary alicyclic amines) is 1. The first kappa shape index (κ1) is 8.04. The first-order valence-electron chi connectivity index (χ1n) is 3.80. The zero-order valence-corrected chi connectivity index (χ0v) is 6.38. The highest BCUT2D eigenvalue weighted by Gasteiger charge is 2.20. The molecule has 1 fully saturated rings. The van der Waals surface area contributed by atoms with Crippen LogP contribution in [0.25, 0.3) is 0 Å². The molecule has 0 aromatic carbocycles. The van der Waals surface area contributed by atoms with Crippen molar-refractivity contribution in [2.45, 2.75) is 19.3 Å². The Morgan fingerprint density at radius 3 is 2.09 bits per heavy atom. The monoisotopic (exact) mass is 156 g/mol. The van der Waals surface area contributed by atoms with Gasteiger partial charge in [-0.1, -0.05) is 0 Å². The van der Waals surface area contributed by atoms with Gasteiger partial charge in [-0.15, -0.1) is 0 Å². The summed E-state index contributed by atoms with van der Waals surface area (Å²) in [4.78, 5) is 22.9. The normalized spacial score (nSPS) is 18.0. The van der Waals surface area contributed by atoms with Gasteiger partial charge in [0.25, 0.3) is 0 Å². The molecule has 0 unspecified atom stereocenters. The van der Waals surface area contributed by atoms with Gasteiger partial charge in [0.2, 0.25) is 0 Å². The van der Waals surface area contributed by atoms with Gasteiger partial charge >= 0.3 is 11.8 Å². The number of hydrogen-bond acceptors (Lipinski definition) is 2. The lowest BCUT2D eigenvalue weighted by Crippen LogP contribution is -2.42. The second kappa shape index (κ2) is 3.37. The Labute approximate surface area is 65.3 Å². The van der Waals surface area contributed by atoms with Crippen LogP contribution < -0.4 is 5.73 Å². The molecule has 0 saturated carbocycles. The van der Waals surface area contributed by atoms with Crippen LogP contribution in [-0.2, 0) is 9.59 Å². The van der Waals surface area contributed by atoms with Gasteiger partial charge in [0, 0.05) is 13.1 Å². The maximum atomic E-state index is 10.9. The Balaban J connectivity index is 2.45. The van der Waals surface area contributed by atoms with E-state index >= 15 is 0 Å². The number of carbonyl (C=O) groups excluding carboxylic acids is 2. The first-order valence-corrected chi connectivity index (χ1v) is 3.80. The third kappa shape index (κ3) is 1.93. The fourth-order valence-corrected chi connectivity index (χ4v) is 1.25. The average Bonchev–Trinajstić information content (AvgIpc) is 2.05. The Morgan fingerprint density at radius 2 is 1.64 bits per heavy atom. The van der Waals surface area contributed by atoms with Crippen molar-refractivity contribution in [3.05, 3.63) is 0 Å². The SMILES string of the molecule is NC(=O)C(=O)N1CCCCC1. The molecule has 1 heterocycles. The van der Waals surface area contributed by atoms with E-state index in [4.69, 9.17) is 5.73 Å². The molecule has 62 valence electrons. The van der Waals surface area contributed by atoms with E-state index < -0.39 is 11.8 Å². The second-order valence-electron chi connectivity index (χ2n) is 2.72. The summed E-state index contributed by atoms with van der Waals surface area (Å²) in [5, 5.41) is 0. The van der Waals surface area contributed by atoms with E-state index in [0.717, 1.165) is 19.3 Å². The topological polar surface area (TPSA) is 63.4 Å². The molecule has 0 aromatic heterocycles. The van der Waals surface area contributed by atoms with Crippen molar-refractivity contribution in [3.8, 4) is 0 Å². The zero-order chi connectivity index (χ0) is 8.27. The van der Waals surface area contributed by atoms with Gasteiger partial charge in [-0.2, -0.15) is 0 Å². The highest BCUT2D eigenvalue weighted by atomic mass is 16.2. The third-order valence-electron chi connectivity index (χ3n) is 1.85. The highest BCUT2D eigenvalue weighted by molar-refractivity contribution is 6.34. The summed E-state index contributed by atoms with van der Waals surface area (Å²) in [5.41, 5.74) is 4.84. The van der Waals surface area contributed by atoms with Crippen molar-refractivity contribution in [2.75, 3.05) is 13.1 Å². The van der Waals surface area contributed by atoms with Crippen LogP contribution in [0, 0.1) is 0 Å². The fraction of sp³-hybridized carbons (Fsp3) is 0.714. The van der Waals surface area contributed by atoms with Crippen molar-refractivity contribution >= 4 is 11.8 Å². The molecular formula is C7H12N2O2. The average molecular weight is 156 g/mol. The first-order chi connectivity index (χ1) is 5.22. The molecule has 11 heavy (non-hydrogen) atoms. The number of rotatable bonds is 0. The summed E-state index contributed by atoms with van der Waals surface area (Å²) in [6.45, 7) is 1.36. The molecule has 1 aliphatic heterocycles. The van der Waals surface area contributed by atoms with Crippen LogP contribution in [0.2, 0.25) is 0 Å². The van der Waals surface area contributed by atoms with Crippen LogP contribution in [-0.4, -0.2) is 29.8 Å². The maximum Gasteiger partial charge on any atom is 0.311 e. The summed E-state index contributed by atoms with van der Waals surface area (Å²) in [6.07, 6.45) is 3.11. The summed E-state index contributed by atoms with van der Waals surface area (Å²) in [7, 11) is 0. The molecule has 0 spiro atoms. The molecule has 4 nitrogen and oxygen atoms in total. The predicted molar refractivity (Wildman–Crippen MR) is 39.6 cm³/mol. The van der Waals surface area contributed by atoms with E-state index in [9.17, 15) is 9.59 Å². The quantitative estimate of drug-likeness (QED) is 0.480. The summed E-state index contributed by atoms with van der Waals surface area (Å²) in [5.74, 6) is -1.38. The molecule has 0 atom stereocenters. The summed E-state index contributed by atoms with van der Waals surface area (Å²) >= 11 is 0. The molecule has 2 N–H and O–H groups in total. The van der Waals surface area contributed by atoms with Crippen molar-refractivity contribution in [2.24, 2.45) is 5.73 Å².